The van der Waals surface area contributed by atoms with Crippen molar-refractivity contribution in [3.8, 4) is 0 Å². The van der Waals surface area contributed by atoms with Gasteiger partial charge in [0.2, 0.25) is 0 Å². The summed E-state index contributed by atoms with van der Waals surface area (Å²) >= 11 is 3.58. The summed E-state index contributed by atoms with van der Waals surface area (Å²) in [5, 5.41) is 0. The van der Waals surface area contributed by atoms with E-state index in [1.165, 1.54) is 11.1 Å². The van der Waals surface area contributed by atoms with E-state index < -0.39 is 0 Å². The molecule has 1 aromatic rings. The molecule has 0 amide bonds. The van der Waals surface area contributed by atoms with Crippen molar-refractivity contribution in [1.82, 2.24) is 4.90 Å². The van der Waals surface area contributed by atoms with Gasteiger partial charge in [-0.2, -0.15) is 0 Å². The van der Waals surface area contributed by atoms with Gasteiger partial charge >= 0.3 is 0 Å². The van der Waals surface area contributed by atoms with Crippen LogP contribution in [0.5, 0.6) is 0 Å². The Balaban J connectivity index is 2.83. The largest absolute Gasteiger partial charge is 0.327 e. The molecule has 2 N–H and O–H groups in total. The highest BCUT2D eigenvalue weighted by Gasteiger charge is 2.01. The van der Waals surface area contributed by atoms with Crippen LogP contribution in [-0.4, -0.2) is 25.5 Å². The first-order valence-electron chi connectivity index (χ1n) is 4.93. The van der Waals surface area contributed by atoms with Crippen LogP contribution in [0.15, 0.2) is 28.7 Å². The Morgan fingerprint density at radius 2 is 2.13 bits per heavy atom. The van der Waals surface area contributed by atoms with Crippen LogP contribution in [0.4, 0.5) is 0 Å². The zero-order valence-corrected chi connectivity index (χ0v) is 10.8. The predicted molar refractivity (Wildman–Crippen MR) is 69.6 cm³/mol. The van der Waals surface area contributed by atoms with Crippen LogP contribution >= 0.6 is 15.9 Å². The zero-order valence-electron chi connectivity index (χ0n) is 9.20. The highest BCUT2D eigenvalue weighted by molar-refractivity contribution is 9.10. The Morgan fingerprint density at radius 3 is 2.67 bits per heavy atom. The molecule has 15 heavy (non-hydrogen) atoms. The lowest BCUT2D eigenvalue weighted by atomic mass is 10.1. The van der Waals surface area contributed by atoms with Crippen LogP contribution in [0.25, 0.3) is 6.08 Å². The van der Waals surface area contributed by atoms with Gasteiger partial charge in [0.25, 0.3) is 0 Å². The zero-order chi connectivity index (χ0) is 11.3. The van der Waals surface area contributed by atoms with E-state index in [1.807, 2.05) is 12.2 Å². The molecule has 0 aromatic heterocycles. The van der Waals surface area contributed by atoms with Crippen molar-refractivity contribution in [3.05, 3.63) is 39.9 Å². The molecule has 0 saturated carbocycles. The van der Waals surface area contributed by atoms with Crippen LogP contribution in [-0.2, 0) is 6.54 Å². The van der Waals surface area contributed by atoms with Crippen LogP contribution < -0.4 is 5.73 Å². The van der Waals surface area contributed by atoms with Crippen LogP contribution in [0, 0.1) is 0 Å². The number of benzene rings is 1. The number of hydrogen-bond acceptors (Lipinski definition) is 2. The second kappa shape index (κ2) is 6.05. The molecule has 1 aromatic carbocycles. The summed E-state index contributed by atoms with van der Waals surface area (Å²) in [7, 11) is 4.13. The molecule has 0 radical (unpaired) electrons. The lowest BCUT2D eigenvalue weighted by Crippen LogP contribution is -2.10. The lowest BCUT2D eigenvalue weighted by Gasteiger charge is -2.11. The first-order chi connectivity index (χ1) is 7.13. The van der Waals surface area contributed by atoms with Crippen molar-refractivity contribution < 1.29 is 0 Å². The Hall–Kier alpha value is -0.640. The van der Waals surface area contributed by atoms with E-state index >= 15 is 0 Å². The van der Waals surface area contributed by atoms with Gasteiger partial charge in [0.1, 0.15) is 0 Å². The lowest BCUT2D eigenvalue weighted by molar-refractivity contribution is 0.401. The molecule has 0 bridgehead atoms. The standard InChI is InChI=1S/C12H17BrN2/c1-15(2)9-11-6-5-10(4-3-7-14)8-12(11)13/h3-6,8H,7,9,14H2,1-2H3/b4-3+. The van der Waals surface area contributed by atoms with Gasteiger partial charge in [-0.05, 0) is 31.3 Å². The molecule has 0 saturated heterocycles. The molecule has 2 nitrogen and oxygen atoms in total. The number of rotatable bonds is 4. The third kappa shape index (κ3) is 4.16. The van der Waals surface area contributed by atoms with Gasteiger partial charge in [0.15, 0.2) is 0 Å². The van der Waals surface area contributed by atoms with E-state index in [4.69, 9.17) is 5.73 Å². The average molecular weight is 269 g/mol. The van der Waals surface area contributed by atoms with Crippen molar-refractivity contribution in [2.75, 3.05) is 20.6 Å². The first kappa shape index (κ1) is 12.4. The highest BCUT2D eigenvalue weighted by Crippen LogP contribution is 2.20. The maximum absolute atomic E-state index is 5.41. The molecule has 1 rings (SSSR count). The predicted octanol–water partition coefficient (Wildman–Crippen LogP) is 2.48. The summed E-state index contributed by atoms with van der Waals surface area (Å²) in [4.78, 5) is 2.15. The number of halogens is 1. The average Bonchev–Trinajstić information content (AvgIpc) is 2.18. The summed E-state index contributed by atoms with van der Waals surface area (Å²) in [5.74, 6) is 0. The summed E-state index contributed by atoms with van der Waals surface area (Å²) in [6.07, 6.45) is 3.98. The fourth-order valence-electron chi connectivity index (χ4n) is 1.34. The molecule has 0 fully saturated rings. The highest BCUT2D eigenvalue weighted by atomic mass is 79.9. The minimum atomic E-state index is 0.580. The molecule has 0 unspecified atom stereocenters. The molecule has 0 heterocycles. The number of hydrogen-bond donors (Lipinski definition) is 1. The fourth-order valence-corrected chi connectivity index (χ4v) is 1.86. The fraction of sp³-hybridized carbons (Fsp3) is 0.333. The van der Waals surface area contributed by atoms with Crippen molar-refractivity contribution in [1.29, 1.82) is 0 Å². The second-order valence-corrected chi connectivity index (χ2v) is 4.58. The van der Waals surface area contributed by atoms with Gasteiger partial charge in [-0.25, -0.2) is 0 Å². The number of nitrogens with zero attached hydrogens (tertiary/aromatic N) is 1. The van der Waals surface area contributed by atoms with Crippen molar-refractivity contribution in [2.24, 2.45) is 5.73 Å². The van der Waals surface area contributed by atoms with Crippen LogP contribution in [0.1, 0.15) is 11.1 Å². The van der Waals surface area contributed by atoms with Crippen LogP contribution in [0.2, 0.25) is 0 Å². The van der Waals surface area contributed by atoms with Gasteiger partial charge in [-0.1, -0.05) is 40.2 Å². The maximum atomic E-state index is 5.41. The third-order valence-corrected chi connectivity index (χ3v) is 2.75. The first-order valence-corrected chi connectivity index (χ1v) is 5.72. The van der Waals surface area contributed by atoms with E-state index in [0.29, 0.717) is 6.54 Å². The molecular formula is C12H17BrN2. The Labute approximate surface area is 99.9 Å². The van der Waals surface area contributed by atoms with Gasteiger partial charge in [0, 0.05) is 17.6 Å². The van der Waals surface area contributed by atoms with Crippen LogP contribution in [0.3, 0.4) is 0 Å². The topological polar surface area (TPSA) is 29.3 Å². The Morgan fingerprint density at radius 1 is 1.40 bits per heavy atom. The van der Waals surface area contributed by atoms with E-state index in [2.05, 4.69) is 53.1 Å². The van der Waals surface area contributed by atoms with E-state index in [-0.39, 0.29) is 0 Å². The van der Waals surface area contributed by atoms with E-state index in [0.717, 1.165) is 11.0 Å². The smallest absolute Gasteiger partial charge is 0.0238 e. The molecular weight excluding hydrogens is 252 g/mol. The normalized spacial score (nSPS) is 11.5. The molecule has 82 valence electrons. The Bertz CT molecular complexity index is 345. The monoisotopic (exact) mass is 268 g/mol. The molecule has 0 aliphatic heterocycles. The Kier molecular flexibility index (Phi) is 5.02. The van der Waals surface area contributed by atoms with E-state index in [9.17, 15) is 0 Å². The molecule has 0 spiro atoms. The van der Waals surface area contributed by atoms with Gasteiger partial charge in [-0.15, -0.1) is 0 Å². The van der Waals surface area contributed by atoms with Gasteiger partial charge in [-0.3, -0.25) is 0 Å². The summed E-state index contributed by atoms with van der Waals surface area (Å²) < 4.78 is 1.15. The molecule has 0 aliphatic carbocycles. The molecule has 0 atom stereocenters. The second-order valence-electron chi connectivity index (χ2n) is 3.73. The molecule has 3 heteroatoms. The summed E-state index contributed by atoms with van der Waals surface area (Å²) in [5.41, 5.74) is 7.88. The molecule has 0 aliphatic rings. The van der Waals surface area contributed by atoms with Gasteiger partial charge < -0.3 is 10.6 Å². The van der Waals surface area contributed by atoms with Crippen molar-refractivity contribution >= 4 is 22.0 Å². The SMILES string of the molecule is CN(C)Cc1ccc(/C=C/CN)cc1Br. The van der Waals surface area contributed by atoms with E-state index in [1.54, 1.807) is 0 Å². The van der Waals surface area contributed by atoms with Crippen molar-refractivity contribution in [3.63, 3.8) is 0 Å². The summed E-state index contributed by atoms with van der Waals surface area (Å²) in [6, 6.07) is 6.36. The van der Waals surface area contributed by atoms with Gasteiger partial charge in [0.05, 0.1) is 0 Å². The number of nitrogens with two attached hydrogens (primary N) is 1. The third-order valence-electron chi connectivity index (χ3n) is 2.01. The quantitative estimate of drug-likeness (QED) is 0.909. The van der Waals surface area contributed by atoms with Crippen molar-refractivity contribution in [2.45, 2.75) is 6.54 Å². The summed E-state index contributed by atoms with van der Waals surface area (Å²) in [6.45, 7) is 1.53. The minimum absolute atomic E-state index is 0.580. The minimum Gasteiger partial charge on any atom is -0.327 e. The maximum Gasteiger partial charge on any atom is 0.0238 e.